The molecule has 0 aliphatic carbocycles. The molecule has 5 nitrogen and oxygen atoms in total. The first-order valence-corrected chi connectivity index (χ1v) is 4.47. The average molecular weight is 221 g/mol. The average Bonchev–Trinajstić information content (AvgIpc) is 2.57. The topological polar surface area (TPSA) is 54.8 Å². The van der Waals surface area contributed by atoms with Crippen molar-refractivity contribution >= 4 is 11.9 Å². The Morgan fingerprint density at radius 2 is 2.27 bits per heavy atom. The predicted octanol–water partition coefficient (Wildman–Crippen LogP) is 1.24. The summed E-state index contributed by atoms with van der Waals surface area (Å²) in [5.41, 5.74) is 0. The molecule has 2 rings (SSSR count). The molecule has 1 aromatic heterocycles. The molecule has 0 aromatic carbocycles. The van der Waals surface area contributed by atoms with Gasteiger partial charge in [0.15, 0.2) is 6.04 Å². The van der Waals surface area contributed by atoms with Crippen LogP contribution in [0.15, 0.2) is 0 Å². The lowest BCUT2D eigenvalue weighted by atomic mass is 10.2. The number of hydrogen-bond donors (Lipinski definition) is 2. The molecule has 1 unspecified atom stereocenters. The molecule has 1 atom stereocenters. The van der Waals surface area contributed by atoms with Gasteiger partial charge in [0.25, 0.3) is 0 Å². The van der Waals surface area contributed by atoms with Crippen LogP contribution in [0.1, 0.15) is 12.5 Å². The highest BCUT2D eigenvalue weighted by molar-refractivity contribution is 5.36. The highest BCUT2D eigenvalue weighted by atomic mass is 19.4. The Morgan fingerprint density at radius 1 is 1.53 bits per heavy atom. The van der Waals surface area contributed by atoms with Crippen molar-refractivity contribution in [2.24, 2.45) is 0 Å². The van der Waals surface area contributed by atoms with E-state index in [0.717, 1.165) is 4.68 Å². The van der Waals surface area contributed by atoms with Crippen LogP contribution in [0.25, 0.3) is 0 Å². The van der Waals surface area contributed by atoms with Gasteiger partial charge >= 0.3 is 6.18 Å². The molecule has 0 spiro atoms. The van der Waals surface area contributed by atoms with Crippen molar-refractivity contribution in [1.82, 2.24) is 14.8 Å². The quantitative estimate of drug-likeness (QED) is 0.749. The third kappa shape index (κ3) is 1.71. The molecular weight excluding hydrogens is 211 g/mol. The summed E-state index contributed by atoms with van der Waals surface area (Å²) in [6.07, 6.45) is -4.31. The molecule has 84 valence electrons. The number of alkyl halides is 3. The van der Waals surface area contributed by atoms with Gasteiger partial charge in [-0.3, -0.25) is 0 Å². The second-order valence-corrected chi connectivity index (χ2v) is 3.23. The van der Waals surface area contributed by atoms with Crippen LogP contribution >= 0.6 is 0 Å². The van der Waals surface area contributed by atoms with Gasteiger partial charge in [0.2, 0.25) is 11.9 Å². The zero-order chi connectivity index (χ0) is 11.1. The van der Waals surface area contributed by atoms with E-state index < -0.39 is 12.2 Å². The molecule has 1 aromatic rings. The van der Waals surface area contributed by atoms with E-state index in [-0.39, 0.29) is 24.9 Å². The number of anilines is 2. The maximum absolute atomic E-state index is 12.6. The second kappa shape index (κ2) is 3.28. The minimum Gasteiger partial charge on any atom is -0.356 e. The first-order chi connectivity index (χ1) is 7.02. The molecule has 1 aliphatic rings. The summed E-state index contributed by atoms with van der Waals surface area (Å²) >= 11 is 0. The van der Waals surface area contributed by atoms with Gasteiger partial charge in [-0.25, -0.2) is 4.68 Å². The molecule has 15 heavy (non-hydrogen) atoms. The Morgan fingerprint density at radius 3 is 2.87 bits per heavy atom. The van der Waals surface area contributed by atoms with Crippen LogP contribution in [-0.4, -0.2) is 34.5 Å². The Hall–Kier alpha value is -1.47. The Labute approximate surface area is 83.7 Å². The smallest absolute Gasteiger partial charge is 0.356 e. The maximum Gasteiger partial charge on any atom is 0.411 e. The first kappa shape index (κ1) is 10.1. The van der Waals surface area contributed by atoms with E-state index in [1.165, 1.54) is 0 Å². The Kier molecular flexibility index (Phi) is 2.20. The molecule has 0 amide bonds. The van der Waals surface area contributed by atoms with Gasteiger partial charge in [-0.05, 0) is 6.42 Å². The number of fused-ring (bicyclic) bond motifs is 1. The molecule has 0 saturated carbocycles. The zero-order valence-corrected chi connectivity index (χ0v) is 7.97. The summed E-state index contributed by atoms with van der Waals surface area (Å²) in [7, 11) is 1.56. The highest BCUT2D eigenvalue weighted by Crippen LogP contribution is 2.36. The van der Waals surface area contributed by atoms with Gasteiger partial charge in [0, 0.05) is 13.6 Å². The van der Waals surface area contributed by atoms with Gasteiger partial charge in [0.05, 0.1) is 0 Å². The molecule has 0 saturated heterocycles. The minimum atomic E-state index is -4.28. The van der Waals surface area contributed by atoms with Crippen LogP contribution in [0.4, 0.5) is 25.1 Å². The number of halogens is 3. The second-order valence-electron chi connectivity index (χ2n) is 3.23. The van der Waals surface area contributed by atoms with Gasteiger partial charge in [0.1, 0.15) is 0 Å². The fraction of sp³-hybridized carbons (Fsp3) is 0.714. The minimum absolute atomic E-state index is 0.0248. The Bertz CT molecular complexity index is 358. The number of aromatic nitrogens is 3. The largest absolute Gasteiger partial charge is 0.411 e. The summed E-state index contributed by atoms with van der Waals surface area (Å²) in [6, 6.07) is -1.58. The number of nitrogens with zero attached hydrogens (tertiary/aromatic N) is 3. The normalized spacial score (nSPS) is 20.7. The van der Waals surface area contributed by atoms with E-state index >= 15 is 0 Å². The van der Waals surface area contributed by atoms with Gasteiger partial charge in [-0.15, -0.1) is 5.10 Å². The van der Waals surface area contributed by atoms with E-state index in [0.29, 0.717) is 0 Å². The standard InChI is InChI=1S/C7H10F3N5/c1-11-5-13-6-12-3-2-4(7(8,9)10)15(6)14-5/h4H,2-3H2,1H3,(H2,11,12,13,14). The van der Waals surface area contributed by atoms with E-state index in [9.17, 15) is 13.2 Å². The first-order valence-electron chi connectivity index (χ1n) is 4.47. The summed E-state index contributed by atoms with van der Waals surface area (Å²) in [5.74, 6) is 0.349. The van der Waals surface area contributed by atoms with E-state index in [4.69, 9.17) is 0 Å². The molecular formula is C7H10F3N5. The van der Waals surface area contributed by atoms with Crippen molar-refractivity contribution in [3.05, 3.63) is 0 Å². The molecule has 2 heterocycles. The Balaban J connectivity index is 2.37. The molecule has 0 radical (unpaired) electrons. The van der Waals surface area contributed by atoms with Crippen molar-refractivity contribution in [1.29, 1.82) is 0 Å². The highest BCUT2D eigenvalue weighted by Gasteiger charge is 2.44. The maximum atomic E-state index is 12.6. The van der Waals surface area contributed by atoms with Crippen molar-refractivity contribution in [2.75, 3.05) is 24.2 Å². The van der Waals surface area contributed by atoms with E-state index in [2.05, 4.69) is 20.7 Å². The lowest BCUT2D eigenvalue weighted by Crippen LogP contribution is -2.34. The molecule has 8 heteroatoms. The molecule has 2 N–H and O–H groups in total. The van der Waals surface area contributed by atoms with Crippen LogP contribution in [0.2, 0.25) is 0 Å². The fourth-order valence-electron chi connectivity index (χ4n) is 1.51. The lowest BCUT2D eigenvalue weighted by Gasteiger charge is -2.25. The van der Waals surface area contributed by atoms with Crippen LogP contribution < -0.4 is 10.6 Å². The van der Waals surface area contributed by atoms with Crippen LogP contribution in [0.5, 0.6) is 0 Å². The summed E-state index contributed by atoms with van der Waals surface area (Å²) in [5, 5.41) is 9.10. The van der Waals surface area contributed by atoms with Crippen molar-refractivity contribution in [2.45, 2.75) is 18.6 Å². The molecule has 1 aliphatic heterocycles. The van der Waals surface area contributed by atoms with Gasteiger partial charge in [-0.2, -0.15) is 18.2 Å². The fourth-order valence-corrected chi connectivity index (χ4v) is 1.51. The van der Waals surface area contributed by atoms with Crippen molar-refractivity contribution in [3.63, 3.8) is 0 Å². The summed E-state index contributed by atoms with van der Waals surface area (Å²) in [6.45, 7) is 0.256. The predicted molar refractivity (Wildman–Crippen MR) is 47.8 cm³/mol. The van der Waals surface area contributed by atoms with Crippen LogP contribution in [0.3, 0.4) is 0 Å². The van der Waals surface area contributed by atoms with Gasteiger partial charge < -0.3 is 10.6 Å². The van der Waals surface area contributed by atoms with Crippen LogP contribution in [0, 0.1) is 0 Å². The SMILES string of the molecule is CNc1nc2n(n1)C(C(F)(F)F)CCN2. The van der Waals surface area contributed by atoms with Gasteiger partial charge in [-0.1, -0.05) is 0 Å². The number of hydrogen-bond acceptors (Lipinski definition) is 4. The monoisotopic (exact) mass is 221 g/mol. The van der Waals surface area contributed by atoms with Crippen LogP contribution in [-0.2, 0) is 0 Å². The van der Waals surface area contributed by atoms with E-state index in [1.54, 1.807) is 7.05 Å². The number of rotatable bonds is 1. The summed E-state index contributed by atoms with van der Waals surface area (Å²) in [4.78, 5) is 3.86. The molecule has 0 bridgehead atoms. The zero-order valence-electron chi connectivity index (χ0n) is 7.97. The molecule has 0 fully saturated rings. The lowest BCUT2D eigenvalue weighted by molar-refractivity contribution is -0.171. The summed E-state index contributed by atoms with van der Waals surface area (Å²) < 4.78 is 38.7. The third-order valence-electron chi connectivity index (χ3n) is 2.23. The third-order valence-corrected chi connectivity index (χ3v) is 2.23. The van der Waals surface area contributed by atoms with Crippen molar-refractivity contribution < 1.29 is 13.2 Å². The number of nitrogens with one attached hydrogen (secondary N) is 2. The van der Waals surface area contributed by atoms with Crippen molar-refractivity contribution in [3.8, 4) is 0 Å². The van der Waals surface area contributed by atoms with E-state index in [1.807, 2.05) is 0 Å².